The molecule has 3 aromatic rings. The van der Waals surface area contributed by atoms with Gasteiger partial charge in [-0.25, -0.2) is 0 Å². The Bertz CT molecular complexity index is 859. The lowest BCUT2D eigenvalue weighted by Gasteiger charge is -2.08. The van der Waals surface area contributed by atoms with Crippen LogP contribution in [-0.2, 0) is 0 Å². The predicted molar refractivity (Wildman–Crippen MR) is 113 cm³/mol. The van der Waals surface area contributed by atoms with Gasteiger partial charge in [-0.1, -0.05) is 55.3 Å². The molecule has 0 saturated carbocycles. The third-order valence-electron chi connectivity index (χ3n) is 4.21. The number of benzene rings is 3. The summed E-state index contributed by atoms with van der Waals surface area (Å²) in [5.41, 5.74) is 0.970. The lowest BCUT2D eigenvalue weighted by molar-refractivity contribution is 0.102. The summed E-state index contributed by atoms with van der Waals surface area (Å²) in [6, 6.07) is 20.1. The van der Waals surface area contributed by atoms with Crippen molar-refractivity contribution >= 4 is 22.4 Å². The summed E-state index contributed by atoms with van der Waals surface area (Å²) in [7, 11) is 0. The smallest absolute Gasteiger partial charge is 0.259 e. The second-order valence-corrected chi connectivity index (χ2v) is 6.40. The van der Waals surface area contributed by atoms with Crippen LogP contribution in [0.15, 0.2) is 66.7 Å². The molecule has 0 radical (unpaired) electrons. The summed E-state index contributed by atoms with van der Waals surface area (Å²) < 4.78 is 0. The van der Waals surface area contributed by atoms with E-state index in [1.807, 2.05) is 42.5 Å². The van der Waals surface area contributed by atoms with E-state index in [1.54, 1.807) is 24.3 Å². The summed E-state index contributed by atoms with van der Waals surface area (Å²) in [6.07, 6.45) is 3.83. The van der Waals surface area contributed by atoms with Gasteiger partial charge in [-0.2, -0.15) is 0 Å². The van der Waals surface area contributed by atoms with Gasteiger partial charge in [0.15, 0.2) is 0 Å². The molecule has 0 spiro atoms. The highest BCUT2D eigenvalue weighted by atomic mass is 16.3. The fourth-order valence-corrected chi connectivity index (χ4v) is 2.71. The summed E-state index contributed by atoms with van der Waals surface area (Å²) in [5, 5.41) is 31.2. The molecule has 0 unspecified atom stereocenters. The first kappa shape index (κ1) is 21.4. The maximum absolute atomic E-state index is 12.2. The third-order valence-corrected chi connectivity index (χ3v) is 4.21. The second-order valence-electron chi connectivity index (χ2n) is 6.40. The molecule has 1 amide bonds. The molecule has 3 rings (SSSR count). The Hall–Kier alpha value is -2.89. The molecule has 0 heterocycles. The van der Waals surface area contributed by atoms with Crippen molar-refractivity contribution in [2.24, 2.45) is 0 Å². The van der Waals surface area contributed by atoms with E-state index in [0.29, 0.717) is 5.69 Å². The molecule has 0 bridgehead atoms. The van der Waals surface area contributed by atoms with E-state index in [0.717, 1.165) is 36.5 Å². The van der Waals surface area contributed by atoms with Crippen LogP contribution in [0.25, 0.3) is 10.8 Å². The second kappa shape index (κ2) is 11.7. The van der Waals surface area contributed by atoms with E-state index in [9.17, 15) is 9.90 Å². The van der Waals surface area contributed by atoms with Gasteiger partial charge in [0.05, 0.1) is 5.56 Å². The molecule has 148 valence electrons. The number of aliphatic hydroxyl groups is 2. The van der Waals surface area contributed by atoms with Crippen LogP contribution in [0.3, 0.4) is 0 Å². The molecule has 5 nitrogen and oxygen atoms in total. The number of anilines is 1. The van der Waals surface area contributed by atoms with Crippen LogP contribution < -0.4 is 5.32 Å². The molecule has 0 saturated heterocycles. The normalized spacial score (nSPS) is 10.2. The molecule has 0 fully saturated rings. The van der Waals surface area contributed by atoms with Crippen molar-refractivity contribution in [3.8, 4) is 5.75 Å². The Balaban J connectivity index is 0.000000300. The number of unbranched alkanes of at least 4 members (excludes halogenated alkanes) is 3. The number of hydrogen-bond acceptors (Lipinski definition) is 4. The number of carbonyl (C=O) groups is 1. The number of para-hydroxylation sites is 1. The van der Waals surface area contributed by atoms with Crippen molar-refractivity contribution in [1.29, 1.82) is 0 Å². The molecular formula is C23H27NO4. The van der Waals surface area contributed by atoms with E-state index in [-0.39, 0.29) is 30.4 Å². The minimum Gasteiger partial charge on any atom is -0.507 e. The van der Waals surface area contributed by atoms with Crippen molar-refractivity contribution in [1.82, 2.24) is 0 Å². The average molecular weight is 381 g/mol. The Kier molecular flexibility index (Phi) is 8.98. The molecule has 0 aliphatic carbocycles. The number of rotatable bonds is 7. The Morgan fingerprint density at radius 2 is 1.29 bits per heavy atom. The van der Waals surface area contributed by atoms with Gasteiger partial charge in [0.1, 0.15) is 5.75 Å². The number of phenolic OH excluding ortho intramolecular Hbond substituents is 1. The number of aliphatic hydroxyl groups excluding tert-OH is 2. The first-order chi connectivity index (χ1) is 13.7. The molecule has 5 heteroatoms. The Labute approximate surface area is 165 Å². The van der Waals surface area contributed by atoms with Gasteiger partial charge < -0.3 is 20.6 Å². The molecular weight excluding hydrogens is 354 g/mol. The standard InChI is InChI=1S/C17H13NO2.C6H14O2/c19-16-11-13-7-5-4-6-12(13)10-15(16)17(20)18-14-8-2-1-3-9-14;7-5-3-1-2-4-6-8/h1-11,19H,(H,18,20);7-8H,1-6H2. The van der Waals surface area contributed by atoms with Crippen LogP contribution in [0.2, 0.25) is 0 Å². The fraction of sp³-hybridized carbons (Fsp3) is 0.261. The molecule has 3 aromatic carbocycles. The number of phenols is 1. The predicted octanol–water partition coefficient (Wildman–Crippen LogP) is 4.33. The van der Waals surface area contributed by atoms with Gasteiger partial charge in [-0.3, -0.25) is 4.79 Å². The highest BCUT2D eigenvalue weighted by Crippen LogP contribution is 2.25. The van der Waals surface area contributed by atoms with Crippen LogP contribution in [0.1, 0.15) is 36.0 Å². The van der Waals surface area contributed by atoms with Gasteiger partial charge >= 0.3 is 0 Å². The lowest BCUT2D eigenvalue weighted by Crippen LogP contribution is -2.11. The fourth-order valence-electron chi connectivity index (χ4n) is 2.71. The first-order valence-electron chi connectivity index (χ1n) is 9.45. The van der Waals surface area contributed by atoms with Gasteiger partial charge in [-0.15, -0.1) is 0 Å². The van der Waals surface area contributed by atoms with Crippen LogP contribution in [0, 0.1) is 0 Å². The van der Waals surface area contributed by atoms with Crippen LogP contribution >= 0.6 is 0 Å². The van der Waals surface area contributed by atoms with Crippen LogP contribution in [-0.4, -0.2) is 34.4 Å². The highest BCUT2D eigenvalue weighted by Gasteiger charge is 2.12. The zero-order chi connectivity index (χ0) is 20.2. The molecule has 0 atom stereocenters. The zero-order valence-electron chi connectivity index (χ0n) is 15.8. The van der Waals surface area contributed by atoms with Gasteiger partial charge in [-0.05, 0) is 47.9 Å². The van der Waals surface area contributed by atoms with Crippen molar-refractivity contribution in [3.05, 3.63) is 72.3 Å². The van der Waals surface area contributed by atoms with Gasteiger partial charge in [0.25, 0.3) is 5.91 Å². The lowest BCUT2D eigenvalue weighted by atomic mass is 10.1. The number of amides is 1. The van der Waals surface area contributed by atoms with Crippen LogP contribution in [0.4, 0.5) is 5.69 Å². The van der Waals surface area contributed by atoms with Crippen molar-refractivity contribution in [3.63, 3.8) is 0 Å². The third kappa shape index (κ3) is 6.68. The number of aromatic hydroxyl groups is 1. The zero-order valence-corrected chi connectivity index (χ0v) is 15.8. The summed E-state index contributed by atoms with van der Waals surface area (Å²) in [5.74, 6) is -0.336. The van der Waals surface area contributed by atoms with E-state index in [1.165, 1.54) is 0 Å². The molecule has 4 N–H and O–H groups in total. The Morgan fingerprint density at radius 3 is 1.86 bits per heavy atom. The minimum atomic E-state index is -0.320. The van der Waals surface area contributed by atoms with Crippen molar-refractivity contribution in [2.45, 2.75) is 25.7 Å². The number of carbonyl (C=O) groups excluding carboxylic acids is 1. The van der Waals surface area contributed by atoms with Crippen molar-refractivity contribution in [2.75, 3.05) is 18.5 Å². The molecule has 0 aliphatic rings. The summed E-state index contributed by atoms with van der Waals surface area (Å²) in [6.45, 7) is 0.566. The first-order valence-corrected chi connectivity index (χ1v) is 9.45. The Morgan fingerprint density at radius 1 is 0.750 bits per heavy atom. The van der Waals surface area contributed by atoms with E-state index in [4.69, 9.17) is 10.2 Å². The quantitative estimate of drug-likeness (QED) is 0.459. The van der Waals surface area contributed by atoms with Gasteiger partial charge in [0, 0.05) is 18.9 Å². The molecule has 28 heavy (non-hydrogen) atoms. The number of hydrogen-bond donors (Lipinski definition) is 4. The number of fused-ring (bicyclic) bond motifs is 1. The highest BCUT2D eigenvalue weighted by molar-refractivity contribution is 6.08. The van der Waals surface area contributed by atoms with Crippen LogP contribution in [0.5, 0.6) is 5.75 Å². The number of nitrogens with one attached hydrogen (secondary N) is 1. The minimum absolute atomic E-state index is 0.0165. The molecule has 0 aromatic heterocycles. The largest absolute Gasteiger partial charge is 0.507 e. The van der Waals surface area contributed by atoms with E-state index in [2.05, 4.69) is 5.32 Å². The maximum Gasteiger partial charge on any atom is 0.259 e. The van der Waals surface area contributed by atoms with Crippen molar-refractivity contribution < 1.29 is 20.1 Å². The van der Waals surface area contributed by atoms with E-state index >= 15 is 0 Å². The monoisotopic (exact) mass is 381 g/mol. The topological polar surface area (TPSA) is 89.8 Å². The molecule has 0 aliphatic heterocycles. The van der Waals surface area contributed by atoms with Gasteiger partial charge in [0.2, 0.25) is 0 Å². The summed E-state index contributed by atoms with van der Waals surface area (Å²) >= 11 is 0. The average Bonchev–Trinajstić information content (AvgIpc) is 2.72. The van der Waals surface area contributed by atoms with E-state index < -0.39 is 0 Å². The maximum atomic E-state index is 12.2. The SMILES string of the molecule is O=C(Nc1ccccc1)c1cc2ccccc2cc1O.OCCCCCCO. The summed E-state index contributed by atoms with van der Waals surface area (Å²) in [4.78, 5) is 12.2.